The molecule has 0 aliphatic rings. The van der Waals surface area contributed by atoms with Crippen molar-refractivity contribution >= 4 is 45.8 Å². The van der Waals surface area contributed by atoms with Crippen LogP contribution in [0, 0.1) is 13.8 Å². The maximum absolute atomic E-state index is 12.7. The minimum Gasteiger partial charge on any atom is -0.462 e. The molecule has 172 valence electrons. The Morgan fingerprint density at radius 2 is 1.73 bits per heavy atom. The van der Waals surface area contributed by atoms with E-state index >= 15 is 0 Å². The van der Waals surface area contributed by atoms with Crippen LogP contribution in [0.5, 0.6) is 0 Å². The summed E-state index contributed by atoms with van der Waals surface area (Å²) in [6.45, 7) is 6.04. The van der Waals surface area contributed by atoms with Crippen molar-refractivity contribution in [1.29, 1.82) is 0 Å². The van der Waals surface area contributed by atoms with E-state index in [-0.39, 0.29) is 11.9 Å². The first-order valence-corrected chi connectivity index (χ1v) is 11.4. The molecule has 0 radical (unpaired) electrons. The second-order valence-electron chi connectivity index (χ2n) is 7.40. The molecule has 3 amide bonds. The fourth-order valence-corrected chi connectivity index (χ4v) is 3.77. The lowest BCUT2D eigenvalue weighted by Crippen LogP contribution is -2.19. The van der Waals surface area contributed by atoms with E-state index in [0.717, 1.165) is 29.7 Å². The summed E-state index contributed by atoms with van der Waals surface area (Å²) in [7, 11) is 0. The van der Waals surface area contributed by atoms with Crippen LogP contribution in [0.25, 0.3) is 0 Å². The number of ether oxygens (including phenoxy) is 1. The fraction of sp³-hybridized carbons (Fsp3) is 0.250. The molecule has 2 aromatic carbocycles. The van der Waals surface area contributed by atoms with Gasteiger partial charge in [0.25, 0.3) is 5.91 Å². The fourth-order valence-electron chi connectivity index (χ4n) is 2.91. The number of nitrogens with zero attached hydrogens (tertiary/aromatic N) is 1. The Hall–Kier alpha value is -3.72. The summed E-state index contributed by atoms with van der Waals surface area (Å²) in [4.78, 5) is 41.6. The summed E-state index contributed by atoms with van der Waals surface area (Å²) < 4.78 is 5.18. The van der Waals surface area contributed by atoms with Crippen LogP contribution in [0.1, 0.15) is 51.1 Å². The average Bonchev–Trinajstić information content (AvgIpc) is 3.14. The number of hydrogen-bond donors (Lipinski definition) is 3. The molecule has 0 bridgehead atoms. The molecule has 0 aliphatic carbocycles. The molecule has 0 saturated heterocycles. The topological polar surface area (TPSA) is 109 Å². The van der Waals surface area contributed by atoms with Gasteiger partial charge in [-0.15, -0.1) is 0 Å². The number of nitrogens with one attached hydrogen (secondary N) is 3. The first-order valence-electron chi connectivity index (χ1n) is 10.6. The molecular formula is C24H26N4O4S. The predicted molar refractivity (Wildman–Crippen MR) is 130 cm³/mol. The Morgan fingerprint density at radius 3 is 2.42 bits per heavy atom. The molecule has 33 heavy (non-hydrogen) atoms. The van der Waals surface area contributed by atoms with Crippen LogP contribution in [0.2, 0.25) is 0 Å². The van der Waals surface area contributed by atoms with E-state index < -0.39 is 6.03 Å². The largest absolute Gasteiger partial charge is 0.462 e. The van der Waals surface area contributed by atoms with E-state index in [1.807, 2.05) is 32.0 Å². The van der Waals surface area contributed by atoms with Crippen molar-refractivity contribution < 1.29 is 19.1 Å². The van der Waals surface area contributed by atoms with Crippen molar-refractivity contribution in [3.8, 4) is 0 Å². The van der Waals surface area contributed by atoms with Crippen molar-refractivity contribution in [2.75, 3.05) is 22.6 Å². The number of esters is 1. The summed E-state index contributed by atoms with van der Waals surface area (Å²) in [5.74, 6) is -0.741. The predicted octanol–water partition coefficient (Wildman–Crippen LogP) is 5.61. The number of unbranched alkanes of at least 4 members (excludes halogenated alkanes) is 1. The van der Waals surface area contributed by atoms with Crippen molar-refractivity contribution in [2.24, 2.45) is 0 Å². The van der Waals surface area contributed by atoms with Gasteiger partial charge in [0.1, 0.15) is 4.88 Å². The normalized spacial score (nSPS) is 10.4. The molecule has 0 aliphatic heterocycles. The zero-order chi connectivity index (χ0) is 23.8. The van der Waals surface area contributed by atoms with Gasteiger partial charge in [0.2, 0.25) is 0 Å². The van der Waals surface area contributed by atoms with Crippen molar-refractivity contribution in [2.45, 2.75) is 33.6 Å². The zero-order valence-electron chi connectivity index (χ0n) is 18.7. The van der Waals surface area contributed by atoms with Crippen LogP contribution >= 0.6 is 11.3 Å². The highest BCUT2D eigenvalue weighted by Crippen LogP contribution is 2.24. The lowest BCUT2D eigenvalue weighted by molar-refractivity contribution is 0.0499. The summed E-state index contributed by atoms with van der Waals surface area (Å²) in [6.07, 6.45) is 1.77. The first-order chi connectivity index (χ1) is 15.9. The minimum absolute atomic E-state index is 0.313. The Kier molecular flexibility index (Phi) is 8.15. The number of benzene rings is 2. The Labute approximate surface area is 196 Å². The van der Waals surface area contributed by atoms with Gasteiger partial charge in [-0.1, -0.05) is 36.8 Å². The number of carbonyl (C=O) groups excluding carboxylic acids is 3. The molecule has 9 heteroatoms. The highest BCUT2D eigenvalue weighted by molar-refractivity contribution is 7.17. The van der Waals surface area contributed by atoms with Crippen LogP contribution in [0.4, 0.5) is 21.3 Å². The molecule has 1 heterocycles. The van der Waals surface area contributed by atoms with E-state index in [9.17, 15) is 14.4 Å². The Balaban J connectivity index is 1.58. The number of aromatic nitrogens is 1. The van der Waals surface area contributed by atoms with Gasteiger partial charge in [-0.2, -0.15) is 0 Å². The number of urea groups is 1. The van der Waals surface area contributed by atoms with Crippen molar-refractivity contribution in [1.82, 2.24) is 4.98 Å². The number of anilines is 3. The molecule has 0 atom stereocenters. The zero-order valence-corrected chi connectivity index (χ0v) is 19.5. The quantitative estimate of drug-likeness (QED) is 0.295. The molecule has 0 fully saturated rings. The summed E-state index contributed by atoms with van der Waals surface area (Å²) in [6, 6.07) is 13.5. The molecular weight excluding hydrogens is 440 g/mol. The standard InChI is InChI=1S/C24H26N4O4S/c1-4-5-13-32-22(30)17-9-11-18(12-10-17)26-21(29)20-16(3)25-24(33-20)28-23(31)27-19-8-6-7-15(2)14-19/h6-12,14H,4-5,13H2,1-3H3,(H,26,29)(H2,25,27,28,31). The number of amides is 3. The van der Waals surface area contributed by atoms with E-state index in [4.69, 9.17) is 4.74 Å². The van der Waals surface area contributed by atoms with E-state index in [1.165, 1.54) is 0 Å². The lowest BCUT2D eigenvalue weighted by Gasteiger charge is -2.07. The van der Waals surface area contributed by atoms with Gasteiger partial charge in [0.05, 0.1) is 17.9 Å². The smallest absolute Gasteiger partial charge is 0.338 e. The third kappa shape index (κ3) is 6.88. The number of aryl methyl sites for hydroxylation is 2. The molecule has 8 nitrogen and oxygen atoms in total. The van der Waals surface area contributed by atoms with Crippen LogP contribution in [0.3, 0.4) is 0 Å². The minimum atomic E-state index is -0.442. The molecule has 3 aromatic rings. The van der Waals surface area contributed by atoms with Crippen LogP contribution in [-0.2, 0) is 4.74 Å². The van der Waals surface area contributed by atoms with Gasteiger partial charge >= 0.3 is 12.0 Å². The molecule has 3 rings (SSSR count). The summed E-state index contributed by atoms with van der Waals surface area (Å²) in [5.41, 5.74) is 3.14. The van der Waals surface area contributed by atoms with E-state index in [0.29, 0.717) is 39.2 Å². The number of carbonyl (C=O) groups is 3. The molecule has 3 N–H and O–H groups in total. The second kappa shape index (κ2) is 11.2. The molecule has 0 saturated carbocycles. The van der Waals surface area contributed by atoms with Gasteiger partial charge in [0, 0.05) is 11.4 Å². The highest BCUT2D eigenvalue weighted by Gasteiger charge is 2.17. The third-order valence-electron chi connectivity index (χ3n) is 4.61. The van der Waals surface area contributed by atoms with Crippen LogP contribution in [-0.4, -0.2) is 29.5 Å². The maximum atomic E-state index is 12.7. The first kappa shape index (κ1) is 23.9. The molecule has 1 aromatic heterocycles. The number of hydrogen-bond acceptors (Lipinski definition) is 6. The third-order valence-corrected chi connectivity index (χ3v) is 5.68. The Morgan fingerprint density at radius 1 is 0.970 bits per heavy atom. The van der Waals surface area contributed by atoms with Gasteiger partial charge in [-0.05, 0) is 62.2 Å². The lowest BCUT2D eigenvalue weighted by atomic mass is 10.2. The second-order valence-corrected chi connectivity index (χ2v) is 8.40. The molecule has 0 unspecified atom stereocenters. The van der Waals surface area contributed by atoms with Gasteiger partial charge in [-0.25, -0.2) is 14.6 Å². The van der Waals surface area contributed by atoms with Crippen molar-refractivity contribution in [3.05, 3.63) is 70.2 Å². The van der Waals surface area contributed by atoms with Crippen LogP contribution < -0.4 is 16.0 Å². The van der Waals surface area contributed by atoms with Crippen molar-refractivity contribution in [3.63, 3.8) is 0 Å². The SMILES string of the molecule is CCCCOC(=O)c1ccc(NC(=O)c2sc(NC(=O)Nc3cccc(C)c3)nc2C)cc1. The number of rotatable bonds is 8. The van der Waals surface area contributed by atoms with Crippen LogP contribution in [0.15, 0.2) is 48.5 Å². The van der Waals surface area contributed by atoms with E-state index in [1.54, 1.807) is 37.3 Å². The average molecular weight is 467 g/mol. The number of thiazole rings is 1. The maximum Gasteiger partial charge on any atom is 0.338 e. The summed E-state index contributed by atoms with van der Waals surface area (Å²) >= 11 is 1.08. The Bertz CT molecular complexity index is 1140. The van der Waals surface area contributed by atoms with E-state index in [2.05, 4.69) is 20.9 Å². The van der Waals surface area contributed by atoms with Gasteiger partial charge in [0.15, 0.2) is 5.13 Å². The monoisotopic (exact) mass is 466 g/mol. The van der Waals surface area contributed by atoms with Gasteiger partial charge in [-0.3, -0.25) is 10.1 Å². The van der Waals surface area contributed by atoms with Gasteiger partial charge < -0.3 is 15.4 Å². The molecule has 0 spiro atoms. The highest BCUT2D eigenvalue weighted by atomic mass is 32.1. The summed E-state index contributed by atoms with van der Waals surface area (Å²) in [5, 5.41) is 8.49.